The molecule has 0 heterocycles. The number of esters is 1. The number of nitriles is 1. The van der Waals surface area contributed by atoms with Crippen molar-refractivity contribution in [2.45, 2.75) is 6.92 Å². The van der Waals surface area contributed by atoms with Gasteiger partial charge in [-0.1, -0.05) is 23.2 Å². The highest BCUT2D eigenvalue weighted by molar-refractivity contribution is 9.11. The van der Waals surface area contributed by atoms with Crippen LogP contribution in [0.2, 0.25) is 10.0 Å². The molecule has 2 aromatic rings. The molecule has 10 heteroatoms. The summed E-state index contributed by atoms with van der Waals surface area (Å²) in [5.74, 6) is -0.712. The van der Waals surface area contributed by atoms with Crippen molar-refractivity contribution in [2.75, 3.05) is 18.5 Å². The van der Waals surface area contributed by atoms with E-state index in [0.29, 0.717) is 31.0 Å². The van der Waals surface area contributed by atoms with Gasteiger partial charge in [-0.25, -0.2) is 4.79 Å². The first kappa shape index (κ1) is 24.2. The molecule has 30 heavy (non-hydrogen) atoms. The standard InChI is InChI=1S/C20H14Br2Cl2N2O4/c1-2-29-18(27)10-30-19-14(21)6-11(7-15(19)22)5-12(9-25)20(28)26-13-3-4-16(23)17(24)8-13/h3-8H,2,10H2,1H3,(H,26,28)/b12-5+. The number of nitrogens with one attached hydrogen (secondary N) is 1. The lowest BCUT2D eigenvalue weighted by Gasteiger charge is -2.11. The summed E-state index contributed by atoms with van der Waals surface area (Å²) in [4.78, 5) is 23.9. The normalized spacial score (nSPS) is 10.9. The third-order valence-corrected chi connectivity index (χ3v) is 5.43. The molecular weight excluding hydrogens is 563 g/mol. The highest BCUT2D eigenvalue weighted by atomic mass is 79.9. The summed E-state index contributed by atoms with van der Waals surface area (Å²) in [6.45, 7) is 1.71. The maximum atomic E-state index is 12.4. The molecule has 2 rings (SSSR count). The molecule has 1 N–H and O–H groups in total. The monoisotopic (exact) mass is 574 g/mol. The Bertz CT molecular complexity index is 1030. The Morgan fingerprint density at radius 2 is 1.83 bits per heavy atom. The van der Waals surface area contributed by atoms with Crippen LogP contribution >= 0.6 is 55.1 Å². The Labute approximate surface area is 200 Å². The van der Waals surface area contributed by atoms with Gasteiger partial charge in [0.05, 0.1) is 25.6 Å². The van der Waals surface area contributed by atoms with Gasteiger partial charge >= 0.3 is 5.97 Å². The van der Waals surface area contributed by atoms with Crippen LogP contribution in [0.1, 0.15) is 12.5 Å². The minimum atomic E-state index is -0.606. The molecule has 0 bridgehead atoms. The Morgan fingerprint density at radius 1 is 1.17 bits per heavy atom. The molecule has 156 valence electrons. The van der Waals surface area contributed by atoms with Crippen LogP contribution in [-0.4, -0.2) is 25.1 Å². The summed E-state index contributed by atoms with van der Waals surface area (Å²) in [6, 6.07) is 9.77. The number of amides is 1. The van der Waals surface area contributed by atoms with E-state index in [1.165, 1.54) is 12.1 Å². The SMILES string of the molecule is CCOC(=O)COc1c(Br)cc(/C=C(\C#N)C(=O)Nc2ccc(Cl)c(Cl)c2)cc1Br. The van der Waals surface area contributed by atoms with Crippen LogP contribution in [-0.2, 0) is 14.3 Å². The summed E-state index contributed by atoms with van der Waals surface area (Å²) >= 11 is 18.5. The van der Waals surface area contributed by atoms with Crippen molar-refractivity contribution in [3.8, 4) is 11.8 Å². The molecule has 0 aliphatic heterocycles. The second-order valence-electron chi connectivity index (χ2n) is 5.66. The molecule has 0 radical (unpaired) electrons. The van der Waals surface area contributed by atoms with E-state index in [1.54, 1.807) is 31.2 Å². The van der Waals surface area contributed by atoms with Gasteiger partial charge in [0, 0.05) is 5.69 Å². The summed E-state index contributed by atoms with van der Waals surface area (Å²) < 4.78 is 11.3. The summed E-state index contributed by atoms with van der Waals surface area (Å²) in [5, 5.41) is 12.6. The number of nitrogens with zero attached hydrogens (tertiary/aromatic N) is 1. The van der Waals surface area contributed by atoms with Crippen molar-refractivity contribution in [3.05, 3.63) is 60.5 Å². The van der Waals surface area contributed by atoms with E-state index in [0.717, 1.165) is 0 Å². The van der Waals surface area contributed by atoms with E-state index < -0.39 is 11.9 Å². The van der Waals surface area contributed by atoms with Gasteiger partial charge in [-0.05, 0) is 80.8 Å². The largest absolute Gasteiger partial charge is 0.480 e. The van der Waals surface area contributed by atoms with E-state index in [2.05, 4.69) is 37.2 Å². The molecule has 0 saturated heterocycles. The lowest BCUT2D eigenvalue weighted by molar-refractivity contribution is -0.145. The van der Waals surface area contributed by atoms with Gasteiger partial charge in [-0.3, -0.25) is 4.79 Å². The molecule has 0 aromatic heterocycles. The number of rotatable bonds is 7. The summed E-state index contributed by atoms with van der Waals surface area (Å²) in [5.41, 5.74) is 0.832. The number of halogens is 4. The number of ether oxygens (including phenoxy) is 2. The molecule has 0 spiro atoms. The lowest BCUT2D eigenvalue weighted by Crippen LogP contribution is -2.15. The Hall–Kier alpha value is -2.05. The van der Waals surface area contributed by atoms with Crippen LogP contribution in [0.15, 0.2) is 44.9 Å². The second kappa shape index (κ2) is 11.4. The molecule has 0 aliphatic rings. The molecule has 1 amide bonds. The molecule has 2 aromatic carbocycles. The first-order chi connectivity index (χ1) is 14.2. The van der Waals surface area contributed by atoms with Crippen molar-refractivity contribution >= 4 is 78.7 Å². The minimum Gasteiger partial charge on any atom is -0.480 e. The van der Waals surface area contributed by atoms with Crippen LogP contribution < -0.4 is 10.1 Å². The molecular formula is C20H14Br2Cl2N2O4. The van der Waals surface area contributed by atoms with Gasteiger partial charge in [0.2, 0.25) is 0 Å². The van der Waals surface area contributed by atoms with Crippen molar-refractivity contribution in [2.24, 2.45) is 0 Å². The molecule has 0 aliphatic carbocycles. The van der Waals surface area contributed by atoms with Crippen molar-refractivity contribution < 1.29 is 19.1 Å². The summed E-state index contributed by atoms with van der Waals surface area (Å²) in [7, 11) is 0. The van der Waals surface area contributed by atoms with Gasteiger partial charge in [-0.15, -0.1) is 0 Å². The zero-order chi connectivity index (χ0) is 22.3. The number of benzene rings is 2. The number of hydrogen-bond donors (Lipinski definition) is 1. The number of carbonyl (C=O) groups is 2. The fraction of sp³-hybridized carbons (Fsp3) is 0.150. The van der Waals surface area contributed by atoms with E-state index in [-0.39, 0.29) is 23.8 Å². The Balaban J connectivity index is 2.20. The maximum Gasteiger partial charge on any atom is 0.344 e. The fourth-order valence-corrected chi connectivity index (χ4v) is 3.97. The second-order valence-corrected chi connectivity index (χ2v) is 8.18. The predicted octanol–water partition coefficient (Wildman–Crippen LogP) is 6.01. The highest BCUT2D eigenvalue weighted by Crippen LogP contribution is 2.35. The van der Waals surface area contributed by atoms with Crippen LogP contribution in [0, 0.1) is 11.3 Å². The van der Waals surface area contributed by atoms with E-state index in [1.807, 2.05) is 6.07 Å². The van der Waals surface area contributed by atoms with Gasteiger partial charge in [-0.2, -0.15) is 5.26 Å². The third kappa shape index (κ3) is 6.74. The zero-order valence-electron chi connectivity index (χ0n) is 15.5. The number of hydrogen-bond acceptors (Lipinski definition) is 5. The van der Waals surface area contributed by atoms with Crippen LogP contribution in [0.5, 0.6) is 5.75 Å². The van der Waals surface area contributed by atoms with Crippen LogP contribution in [0.25, 0.3) is 6.08 Å². The van der Waals surface area contributed by atoms with Crippen molar-refractivity contribution in [1.29, 1.82) is 5.26 Å². The minimum absolute atomic E-state index is 0.125. The van der Waals surface area contributed by atoms with Gasteiger partial charge in [0.15, 0.2) is 6.61 Å². The average molecular weight is 577 g/mol. The average Bonchev–Trinajstić information content (AvgIpc) is 2.68. The first-order valence-electron chi connectivity index (χ1n) is 8.40. The molecule has 0 fully saturated rings. The number of anilines is 1. The van der Waals surface area contributed by atoms with Crippen molar-refractivity contribution in [1.82, 2.24) is 0 Å². The third-order valence-electron chi connectivity index (χ3n) is 3.51. The smallest absolute Gasteiger partial charge is 0.344 e. The maximum absolute atomic E-state index is 12.4. The van der Waals surface area contributed by atoms with Gasteiger partial charge in [0.25, 0.3) is 5.91 Å². The quantitative estimate of drug-likeness (QED) is 0.248. The van der Waals surface area contributed by atoms with Crippen molar-refractivity contribution in [3.63, 3.8) is 0 Å². The van der Waals surface area contributed by atoms with Gasteiger partial charge < -0.3 is 14.8 Å². The van der Waals surface area contributed by atoms with Gasteiger partial charge in [0.1, 0.15) is 17.4 Å². The molecule has 0 atom stereocenters. The Kier molecular flexibility index (Phi) is 9.18. The van der Waals surface area contributed by atoms with E-state index in [9.17, 15) is 14.9 Å². The fourth-order valence-electron chi connectivity index (χ4n) is 2.22. The van der Waals surface area contributed by atoms with E-state index >= 15 is 0 Å². The molecule has 6 nitrogen and oxygen atoms in total. The first-order valence-corrected chi connectivity index (χ1v) is 10.7. The van der Waals surface area contributed by atoms with Crippen LogP contribution in [0.4, 0.5) is 5.69 Å². The Morgan fingerprint density at radius 3 is 2.40 bits per heavy atom. The van der Waals surface area contributed by atoms with E-state index in [4.69, 9.17) is 32.7 Å². The molecule has 0 unspecified atom stereocenters. The lowest BCUT2D eigenvalue weighted by atomic mass is 10.1. The predicted molar refractivity (Wildman–Crippen MR) is 123 cm³/mol. The zero-order valence-corrected chi connectivity index (χ0v) is 20.2. The molecule has 0 saturated carbocycles. The highest BCUT2D eigenvalue weighted by Gasteiger charge is 2.14. The topological polar surface area (TPSA) is 88.4 Å². The van der Waals surface area contributed by atoms with Crippen LogP contribution in [0.3, 0.4) is 0 Å². The summed E-state index contributed by atoms with van der Waals surface area (Å²) in [6.07, 6.45) is 1.41. The number of carbonyl (C=O) groups excluding carboxylic acids is 2.